The van der Waals surface area contributed by atoms with E-state index in [2.05, 4.69) is 0 Å². The number of hydrogen-bond donors (Lipinski definition) is 0. The molecule has 0 spiro atoms. The van der Waals surface area contributed by atoms with Crippen molar-refractivity contribution < 1.29 is 18.9 Å². The zero-order chi connectivity index (χ0) is 13.6. The highest BCUT2D eigenvalue weighted by Crippen LogP contribution is 2.30. The quantitative estimate of drug-likeness (QED) is 0.731. The Bertz CT molecular complexity index is 369. The summed E-state index contributed by atoms with van der Waals surface area (Å²) in [4.78, 5) is 0. The molecule has 0 saturated heterocycles. The molecule has 0 atom stereocenters. The molecule has 1 rings (SSSR count). The van der Waals surface area contributed by atoms with Crippen molar-refractivity contribution in [1.29, 1.82) is 0 Å². The number of ether oxygens (including phenoxy) is 4. The van der Waals surface area contributed by atoms with E-state index in [1.807, 2.05) is 32.9 Å². The van der Waals surface area contributed by atoms with Crippen molar-refractivity contribution in [3.63, 3.8) is 0 Å². The highest BCUT2D eigenvalue weighted by Gasteiger charge is 2.10. The van der Waals surface area contributed by atoms with Gasteiger partial charge in [-0.05, 0) is 32.9 Å². The maximum atomic E-state index is 5.58. The second kappa shape index (κ2) is 6.50. The Balaban J connectivity index is 2.48. The van der Waals surface area contributed by atoms with E-state index >= 15 is 0 Å². The van der Waals surface area contributed by atoms with Crippen LogP contribution in [0.4, 0.5) is 0 Å². The van der Waals surface area contributed by atoms with E-state index in [1.165, 1.54) is 0 Å². The summed E-state index contributed by atoms with van der Waals surface area (Å²) in [7, 11) is 3.21. The maximum Gasteiger partial charge on any atom is 0.164 e. The van der Waals surface area contributed by atoms with Crippen molar-refractivity contribution in [2.45, 2.75) is 26.4 Å². The van der Waals surface area contributed by atoms with Crippen LogP contribution >= 0.6 is 0 Å². The summed E-state index contributed by atoms with van der Waals surface area (Å²) in [6.07, 6.45) is 0. The topological polar surface area (TPSA) is 36.9 Å². The summed E-state index contributed by atoms with van der Waals surface area (Å²) in [5.41, 5.74) is -0.138. The van der Waals surface area contributed by atoms with Crippen LogP contribution in [0.15, 0.2) is 18.2 Å². The van der Waals surface area contributed by atoms with E-state index in [4.69, 9.17) is 18.9 Å². The Morgan fingerprint density at radius 1 is 0.944 bits per heavy atom. The molecule has 18 heavy (non-hydrogen) atoms. The fourth-order valence-corrected chi connectivity index (χ4v) is 1.41. The van der Waals surface area contributed by atoms with Gasteiger partial charge < -0.3 is 18.9 Å². The summed E-state index contributed by atoms with van der Waals surface area (Å²) in [6, 6.07) is 5.47. The van der Waals surface area contributed by atoms with Crippen LogP contribution < -0.4 is 14.2 Å². The van der Waals surface area contributed by atoms with E-state index in [-0.39, 0.29) is 5.60 Å². The van der Waals surface area contributed by atoms with E-state index < -0.39 is 0 Å². The first-order chi connectivity index (χ1) is 8.46. The third-order valence-electron chi connectivity index (χ3n) is 2.24. The molecule has 102 valence electrons. The zero-order valence-corrected chi connectivity index (χ0v) is 11.8. The molecule has 4 heteroatoms. The van der Waals surface area contributed by atoms with Crippen LogP contribution in [-0.2, 0) is 4.74 Å². The van der Waals surface area contributed by atoms with Crippen LogP contribution in [0, 0.1) is 0 Å². The summed E-state index contributed by atoms with van der Waals surface area (Å²) in [5.74, 6) is 2.09. The Kier molecular flexibility index (Phi) is 5.28. The van der Waals surface area contributed by atoms with Crippen LogP contribution in [0.1, 0.15) is 20.8 Å². The fraction of sp³-hybridized carbons (Fsp3) is 0.571. The van der Waals surface area contributed by atoms with E-state index in [0.717, 1.165) is 5.75 Å². The third-order valence-corrected chi connectivity index (χ3v) is 2.24. The van der Waals surface area contributed by atoms with E-state index in [0.29, 0.717) is 24.7 Å². The van der Waals surface area contributed by atoms with Crippen molar-refractivity contribution in [3.05, 3.63) is 18.2 Å². The lowest BCUT2D eigenvalue weighted by atomic mass is 10.2. The highest BCUT2D eigenvalue weighted by molar-refractivity contribution is 5.45. The minimum Gasteiger partial charge on any atom is -0.493 e. The van der Waals surface area contributed by atoms with Crippen molar-refractivity contribution in [3.8, 4) is 17.2 Å². The average Bonchev–Trinajstić information content (AvgIpc) is 2.33. The first kappa shape index (κ1) is 14.6. The fourth-order valence-electron chi connectivity index (χ4n) is 1.41. The standard InChI is InChI=1S/C14H22O4/c1-14(2,3)18-9-8-17-11-6-7-12(15-4)13(10-11)16-5/h6-7,10H,8-9H2,1-5H3. The van der Waals surface area contributed by atoms with Gasteiger partial charge in [0.1, 0.15) is 12.4 Å². The lowest BCUT2D eigenvalue weighted by Gasteiger charge is -2.19. The monoisotopic (exact) mass is 254 g/mol. The van der Waals surface area contributed by atoms with Crippen molar-refractivity contribution in [1.82, 2.24) is 0 Å². The molecule has 4 nitrogen and oxygen atoms in total. The van der Waals surface area contributed by atoms with Gasteiger partial charge in [-0.1, -0.05) is 0 Å². The number of rotatable bonds is 6. The Hall–Kier alpha value is -1.42. The molecule has 0 N–H and O–H groups in total. The number of benzene rings is 1. The Morgan fingerprint density at radius 3 is 2.17 bits per heavy atom. The molecule has 0 fully saturated rings. The molecule has 1 aromatic rings. The van der Waals surface area contributed by atoms with Crippen LogP contribution in [0.25, 0.3) is 0 Å². The van der Waals surface area contributed by atoms with Crippen molar-refractivity contribution in [2.24, 2.45) is 0 Å². The van der Waals surface area contributed by atoms with Crippen LogP contribution in [-0.4, -0.2) is 33.0 Å². The molecule has 1 aromatic carbocycles. The second-order valence-corrected chi connectivity index (χ2v) is 4.83. The average molecular weight is 254 g/mol. The lowest BCUT2D eigenvalue weighted by molar-refractivity contribution is -0.0163. The summed E-state index contributed by atoms with van der Waals surface area (Å²) >= 11 is 0. The molecule has 0 unspecified atom stereocenters. The first-order valence-corrected chi connectivity index (χ1v) is 5.95. The number of methoxy groups -OCH3 is 2. The van der Waals surface area contributed by atoms with Gasteiger partial charge in [0, 0.05) is 6.07 Å². The smallest absolute Gasteiger partial charge is 0.164 e. The molecule has 0 aliphatic rings. The molecule has 0 heterocycles. The third kappa shape index (κ3) is 4.84. The molecular weight excluding hydrogens is 232 g/mol. The van der Waals surface area contributed by atoms with Gasteiger partial charge >= 0.3 is 0 Å². The Morgan fingerprint density at radius 2 is 1.61 bits per heavy atom. The van der Waals surface area contributed by atoms with Gasteiger partial charge in [-0.25, -0.2) is 0 Å². The molecule has 0 amide bonds. The van der Waals surface area contributed by atoms with E-state index in [1.54, 1.807) is 20.3 Å². The van der Waals surface area contributed by atoms with Gasteiger partial charge in [0.15, 0.2) is 11.5 Å². The highest BCUT2D eigenvalue weighted by atomic mass is 16.5. The molecule has 0 bridgehead atoms. The molecule has 0 aliphatic carbocycles. The van der Waals surface area contributed by atoms with Crippen LogP contribution in [0.3, 0.4) is 0 Å². The largest absolute Gasteiger partial charge is 0.493 e. The van der Waals surface area contributed by atoms with Crippen LogP contribution in [0.2, 0.25) is 0 Å². The van der Waals surface area contributed by atoms with Crippen molar-refractivity contribution >= 4 is 0 Å². The molecule has 0 aromatic heterocycles. The van der Waals surface area contributed by atoms with Crippen molar-refractivity contribution in [2.75, 3.05) is 27.4 Å². The van der Waals surface area contributed by atoms with Gasteiger partial charge in [0.05, 0.1) is 26.4 Å². The second-order valence-electron chi connectivity index (χ2n) is 4.83. The predicted molar refractivity (Wildman–Crippen MR) is 70.7 cm³/mol. The molecule has 0 saturated carbocycles. The Labute approximate surface area is 109 Å². The summed E-state index contributed by atoms with van der Waals surface area (Å²) in [6.45, 7) is 7.11. The van der Waals surface area contributed by atoms with E-state index in [9.17, 15) is 0 Å². The van der Waals surface area contributed by atoms with Gasteiger partial charge in [-0.3, -0.25) is 0 Å². The first-order valence-electron chi connectivity index (χ1n) is 5.95. The maximum absolute atomic E-state index is 5.58. The van der Waals surface area contributed by atoms with Gasteiger partial charge in [0.2, 0.25) is 0 Å². The minimum absolute atomic E-state index is 0.138. The predicted octanol–water partition coefficient (Wildman–Crippen LogP) is 2.90. The normalized spacial score (nSPS) is 11.2. The molecular formula is C14H22O4. The van der Waals surface area contributed by atoms with Gasteiger partial charge in [0.25, 0.3) is 0 Å². The minimum atomic E-state index is -0.138. The molecule has 0 radical (unpaired) electrons. The zero-order valence-electron chi connectivity index (χ0n) is 11.8. The SMILES string of the molecule is COc1ccc(OCCOC(C)(C)C)cc1OC. The summed E-state index contributed by atoms with van der Waals surface area (Å²) < 4.78 is 21.5. The number of hydrogen-bond acceptors (Lipinski definition) is 4. The summed E-state index contributed by atoms with van der Waals surface area (Å²) in [5, 5.41) is 0. The van der Waals surface area contributed by atoms with Gasteiger partial charge in [-0.2, -0.15) is 0 Å². The lowest BCUT2D eigenvalue weighted by Crippen LogP contribution is -2.22. The van der Waals surface area contributed by atoms with Crippen LogP contribution in [0.5, 0.6) is 17.2 Å². The molecule has 0 aliphatic heterocycles. The van der Waals surface area contributed by atoms with Gasteiger partial charge in [-0.15, -0.1) is 0 Å².